The second kappa shape index (κ2) is 8.16. The van der Waals surface area contributed by atoms with Crippen LogP contribution in [-0.4, -0.2) is 42.7 Å². The fourth-order valence-corrected chi connectivity index (χ4v) is 4.89. The molecule has 8 heteroatoms. The molecule has 2 aliphatic heterocycles. The smallest absolute Gasteiger partial charge is 0.238 e. The number of hydrogen-bond donors (Lipinski definition) is 1. The van der Waals surface area contributed by atoms with Gasteiger partial charge in [-0.05, 0) is 47.9 Å². The molecule has 2 aliphatic rings. The number of carbonyl (C=O) groups is 2. The first-order chi connectivity index (χ1) is 14.0. The molecule has 2 amide bonds. The lowest BCUT2D eigenvalue weighted by atomic mass is 9.98. The van der Waals surface area contributed by atoms with Crippen molar-refractivity contribution in [3.63, 3.8) is 0 Å². The van der Waals surface area contributed by atoms with Crippen LogP contribution in [0, 0.1) is 0 Å². The highest BCUT2D eigenvalue weighted by molar-refractivity contribution is 8.01. The van der Waals surface area contributed by atoms with Crippen molar-refractivity contribution in [2.24, 2.45) is 0 Å². The van der Waals surface area contributed by atoms with Crippen LogP contribution < -0.4 is 14.8 Å². The van der Waals surface area contributed by atoms with Crippen molar-refractivity contribution in [3.8, 4) is 11.5 Å². The van der Waals surface area contributed by atoms with Gasteiger partial charge in [-0.2, -0.15) is 0 Å². The third-order valence-corrected chi connectivity index (χ3v) is 6.70. The minimum atomic E-state index is -0.456. The molecule has 4 rings (SSSR count). The average molecular weight is 433 g/mol. The van der Waals surface area contributed by atoms with Crippen LogP contribution in [0.15, 0.2) is 35.2 Å². The Morgan fingerprint density at radius 1 is 1.21 bits per heavy atom. The van der Waals surface area contributed by atoms with E-state index in [1.807, 2.05) is 18.2 Å². The second-order valence-electron chi connectivity index (χ2n) is 6.98. The summed E-state index contributed by atoms with van der Waals surface area (Å²) in [5, 5.41) is 2.97. The number of fused-ring (bicyclic) bond motifs is 2. The van der Waals surface area contributed by atoms with Gasteiger partial charge in [-0.3, -0.25) is 9.59 Å². The normalized spacial score (nSPS) is 17.8. The quantitative estimate of drug-likeness (QED) is 0.797. The predicted molar refractivity (Wildman–Crippen MR) is 113 cm³/mol. The minimum absolute atomic E-state index is 0.0319. The number of anilines is 1. The monoisotopic (exact) mass is 432 g/mol. The zero-order valence-corrected chi connectivity index (χ0v) is 17.7. The zero-order chi connectivity index (χ0) is 20.5. The maximum absolute atomic E-state index is 12.9. The summed E-state index contributed by atoms with van der Waals surface area (Å²) in [6, 6.07) is 9.28. The number of ether oxygens (including phenoxy) is 2. The lowest BCUT2D eigenvalue weighted by molar-refractivity contribution is -0.133. The van der Waals surface area contributed by atoms with Crippen molar-refractivity contribution in [2.75, 3.05) is 26.1 Å². The molecular weight excluding hydrogens is 412 g/mol. The van der Waals surface area contributed by atoms with E-state index in [4.69, 9.17) is 21.1 Å². The number of methoxy groups -OCH3 is 2. The Balaban J connectivity index is 1.46. The van der Waals surface area contributed by atoms with Crippen LogP contribution >= 0.6 is 23.4 Å². The third kappa shape index (κ3) is 4.02. The van der Waals surface area contributed by atoms with Gasteiger partial charge in [-0.25, -0.2) is 0 Å². The Kier molecular flexibility index (Phi) is 5.61. The number of benzene rings is 2. The Morgan fingerprint density at radius 3 is 2.66 bits per heavy atom. The molecule has 0 spiro atoms. The van der Waals surface area contributed by atoms with Gasteiger partial charge in [-0.15, -0.1) is 11.8 Å². The van der Waals surface area contributed by atoms with E-state index in [1.54, 1.807) is 31.3 Å². The lowest BCUT2D eigenvalue weighted by Gasteiger charge is -2.31. The molecule has 1 N–H and O–H groups in total. The number of hydrogen-bond acceptors (Lipinski definition) is 5. The number of nitrogens with zero attached hydrogens (tertiary/aromatic N) is 1. The first-order valence-corrected chi connectivity index (χ1v) is 10.5. The van der Waals surface area contributed by atoms with Crippen LogP contribution in [0.2, 0.25) is 5.02 Å². The molecule has 0 unspecified atom stereocenters. The minimum Gasteiger partial charge on any atom is -0.493 e. The van der Waals surface area contributed by atoms with Crippen LogP contribution in [-0.2, 0) is 22.6 Å². The van der Waals surface area contributed by atoms with E-state index in [0.717, 1.165) is 22.4 Å². The van der Waals surface area contributed by atoms with E-state index < -0.39 is 5.25 Å². The largest absolute Gasteiger partial charge is 0.493 e. The summed E-state index contributed by atoms with van der Waals surface area (Å²) in [5.41, 5.74) is 2.90. The van der Waals surface area contributed by atoms with Gasteiger partial charge >= 0.3 is 0 Å². The van der Waals surface area contributed by atoms with Gasteiger partial charge in [0.2, 0.25) is 11.8 Å². The fourth-order valence-electron chi connectivity index (χ4n) is 3.64. The Hall–Kier alpha value is -2.38. The second-order valence-corrected chi connectivity index (χ2v) is 8.66. The maximum Gasteiger partial charge on any atom is 0.238 e. The topological polar surface area (TPSA) is 67.9 Å². The van der Waals surface area contributed by atoms with E-state index in [-0.39, 0.29) is 18.2 Å². The van der Waals surface area contributed by atoms with Crippen molar-refractivity contribution in [1.82, 2.24) is 4.90 Å². The van der Waals surface area contributed by atoms with Gasteiger partial charge in [0.25, 0.3) is 0 Å². The molecule has 0 aromatic heterocycles. The van der Waals surface area contributed by atoms with Gasteiger partial charge in [0.05, 0.1) is 25.2 Å². The van der Waals surface area contributed by atoms with Gasteiger partial charge in [0.15, 0.2) is 11.5 Å². The Labute approximate surface area is 178 Å². The molecule has 152 valence electrons. The maximum atomic E-state index is 12.9. The van der Waals surface area contributed by atoms with E-state index in [0.29, 0.717) is 35.3 Å². The van der Waals surface area contributed by atoms with Crippen molar-refractivity contribution >= 4 is 40.9 Å². The summed E-state index contributed by atoms with van der Waals surface area (Å²) in [6.45, 7) is 1.12. The Bertz CT molecular complexity index is 981. The SMILES string of the molecule is COc1cc2c(cc1OC)CN(C(=O)C[C@H]1Sc3ccc(Cl)cc3NC1=O)CC2. The predicted octanol–water partition coefficient (Wildman–Crippen LogP) is 3.75. The first kappa shape index (κ1) is 19.9. The van der Waals surface area contributed by atoms with E-state index in [9.17, 15) is 9.59 Å². The van der Waals surface area contributed by atoms with Crippen molar-refractivity contribution in [3.05, 3.63) is 46.5 Å². The highest BCUT2D eigenvalue weighted by Gasteiger charge is 2.32. The van der Waals surface area contributed by atoms with E-state index in [2.05, 4.69) is 5.32 Å². The standard InChI is InChI=1S/C21H21ClN2O4S/c1-27-16-7-12-5-6-24(11-13(12)8-17(16)28-2)20(25)10-19-21(26)23-15-9-14(22)3-4-18(15)29-19/h3-4,7-9,19H,5-6,10-11H2,1-2H3,(H,23,26)/t19-/m1/s1. The molecular formula is C21H21ClN2O4S. The third-order valence-electron chi connectivity index (χ3n) is 5.19. The van der Waals surface area contributed by atoms with Crippen LogP contribution in [0.3, 0.4) is 0 Å². The highest BCUT2D eigenvalue weighted by Crippen LogP contribution is 2.39. The number of amides is 2. The Morgan fingerprint density at radius 2 is 1.93 bits per heavy atom. The van der Waals surface area contributed by atoms with Gasteiger partial charge in [0, 0.05) is 29.4 Å². The number of carbonyl (C=O) groups excluding carboxylic acids is 2. The summed E-state index contributed by atoms with van der Waals surface area (Å²) in [6.07, 6.45) is 0.897. The number of thioether (sulfide) groups is 1. The summed E-state index contributed by atoms with van der Waals surface area (Å²) < 4.78 is 10.7. The molecule has 0 aliphatic carbocycles. The van der Waals surface area contributed by atoms with Gasteiger partial charge in [0.1, 0.15) is 0 Å². The summed E-state index contributed by atoms with van der Waals surface area (Å²) in [4.78, 5) is 28.1. The molecule has 2 aromatic carbocycles. The van der Waals surface area contributed by atoms with Crippen LogP contribution in [0.5, 0.6) is 11.5 Å². The molecule has 0 fully saturated rings. The van der Waals surface area contributed by atoms with Crippen molar-refractivity contribution in [2.45, 2.75) is 29.5 Å². The van der Waals surface area contributed by atoms with Gasteiger partial charge < -0.3 is 19.7 Å². The number of halogens is 1. The average Bonchev–Trinajstić information content (AvgIpc) is 2.72. The van der Waals surface area contributed by atoms with E-state index in [1.165, 1.54) is 11.8 Å². The van der Waals surface area contributed by atoms with Crippen LogP contribution in [0.1, 0.15) is 17.5 Å². The molecule has 6 nitrogen and oxygen atoms in total. The summed E-state index contributed by atoms with van der Waals surface area (Å²) in [7, 11) is 3.21. The van der Waals surface area contributed by atoms with Crippen molar-refractivity contribution in [1.29, 1.82) is 0 Å². The molecule has 0 saturated heterocycles. The molecule has 29 heavy (non-hydrogen) atoms. The zero-order valence-electron chi connectivity index (χ0n) is 16.2. The molecule has 2 aromatic rings. The molecule has 0 bridgehead atoms. The number of nitrogens with one attached hydrogen (secondary N) is 1. The number of rotatable bonds is 4. The molecule has 2 heterocycles. The lowest BCUT2D eigenvalue weighted by Crippen LogP contribution is -2.40. The molecule has 1 atom stereocenters. The summed E-state index contributed by atoms with van der Waals surface area (Å²) in [5.74, 6) is 1.15. The van der Waals surface area contributed by atoms with Crippen molar-refractivity contribution < 1.29 is 19.1 Å². The fraction of sp³-hybridized carbons (Fsp3) is 0.333. The van der Waals surface area contributed by atoms with Crippen LogP contribution in [0.4, 0.5) is 5.69 Å². The van der Waals surface area contributed by atoms with Crippen LogP contribution in [0.25, 0.3) is 0 Å². The molecule has 0 saturated carbocycles. The summed E-state index contributed by atoms with van der Waals surface area (Å²) >= 11 is 7.40. The molecule has 0 radical (unpaired) electrons. The highest BCUT2D eigenvalue weighted by atomic mass is 35.5. The first-order valence-electron chi connectivity index (χ1n) is 9.27. The van der Waals surface area contributed by atoms with Gasteiger partial charge in [-0.1, -0.05) is 11.6 Å². The van der Waals surface area contributed by atoms with E-state index >= 15 is 0 Å².